The Morgan fingerprint density at radius 1 is 1.29 bits per heavy atom. The molecular weight excluding hydrogens is 358 g/mol. The lowest BCUT2D eigenvalue weighted by Crippen LogP contribution is -2.46. The van der Waals surface area contributed by atoms with Crippen LogP contribution in [0, 0.1) is 6.92 Å². The molecule has 0 spiro atoms. The zero-order chi connectivity index (χ0) is 19.9. The molecule has 0 unspecified atom stereocenters. The Morgan fingerprint density at radius 3 is 2.86 bits per heavy atom. The summed E-state index contributed by atoms with van der Waals surface area (Å²) in [6, 6.07) is 10.4. The first kappa shape index (κ1) is 19.8. The summed E-state index contributed by atoms with van der Waals surface area (Å²) in [7, 11) is 1.58. The number of hydrogen-bond acceptors (Lipinski definition) is 5. The summed E-state index contributed by atoms with van der Waals surface area (Å²) in [5.74, 6) is 0.249. The van der Waals surface area contributed by atoms with Crippen molar-refractivity contribution in [3.05, 3.63) is 59.9 Å². The number of aromatic nitrogens is 1. The van der Waals surface area contributed by atoms with Gasteiger partial charge in [-0.2, -0.15) is 0 Å². The largest absolute Gasteiger partial charge is 0.487 e. The van der Waals surface area contributed by atoms with Gasteiger partial charge in [-0.25, -0.2) is 0 Å². The van der Waals surface area contributed by atoms with Crippen LogP contribution in [0.5, 0.6) is 5.75 Å². The number of benzene rings is 1. The van der Waals surface area contributed by atoms with E-state index in [2.05, 4.69) is 10.3 Å². The van der Waals surface area contributed by atoms with Crippen LogP contribution in [0.4, 0.5) is 0 Å². The summed E-state index contributed by atoms with van der Waals surface area (Å²) < 4.78 is 10.9. The monoisotopic (exact) mass is 383 g/mol. The molecule has 0 saturated carbocycles. The van der Waals surface area contributed by atoms with E-state index in [1.54, 1.807) is 36.5 Å². The van der Waals surface area contributed by atoms with E-state index in [1.807, 2.05) is 31.2 Å². The molecule has 0 aliphatic carbocycles. The van der Waals surface area contributed by atoms with Crippen molar-refractivity contribution >= 4 is 11.8 Å². The van der Waals surface area contributed by atoms with Crippen LogP contribution < -0.4 is 10.1 Å². The summed E-state index contributed by atoms with van der Waals surface area (Å²) in [5, 5.41) is 2.83. The lowest BCUT2D eigenvalue weighted by molar-refractivity contribution is -0.125. The third-order valence-electron chi connectivity index (χ3n) is 4.63. The minimum atomic E-state index is -0.591. The molecule has 1 N–H and O–H groups in total. The van der Waals surface area contributed by atoms with Crippen LogP contribution >= 0.6 is 0 Å². The van der Waals surface area contributed by atoms with Crippen molar-refractivity contribution in [1.29, 1.82) is 0 Å². The Bertz CT molecular complexity index is 812. The van der Waals surface area contributed by atoms with E-state index in [0.29, 0.717) is 37.4 Å². The number of hydrogen-bond donors (Lipinski definition) is 1. The van der Waals surface area contributed by atoms with Gasteiger partial charge in [0.1, 0.15) is 17.9 Å². The number of aryl methyl sites for hydroxylation is 1. The van der Waals surface area contributed by atoms with Crippen LogP contribution in [-0.2, 0) is 9.53 Å². The van der Waals surface area contributed by atoms with E-state index >= 15 is 0 Å². The standard InChI is InChI=1S/C21H25N3O4/c1-15-5-3-6-16(11-15)21(26)24-14-18(28-17-7-4-8-22-13-17)12-19(24)20(25)23-9-10-27-2/h3-8,11,13,18-19H,9-10,12,14H2,1-2H3,(H,23,25)/t18-,19+/m0/s1. The molecule has 1 aromatic heterocycles. The van der Waals surface area contributed by atoms with Gasteiger partial charge < -0.3 is 19.7 Å². The second-order valence-corrected chi connectivity index (χ2v) is 6.79. The van der Waals surface area contributed by atoms with Crippen molar-refractivity contribution in [2.24, 2.45) is 0 Å². The number of carbonyl (C=O) groups is 2. The third-order valence-corrected chi connectivity index (χ3v) is 4.63. The van der Waals surface area contributed by atoms with Crippen molar-refractivity contribution in [1.82, 2.24) is 15.2 Å². The second-order valence-electron chi connectivity index (χ2n) is 6.79. The maximum absolute atomic E-state index is 13.1. The van der Waals surface area contributed by atoms with Crippen LogP contribution in [0.15, 0.2) is 48.8 Å². The van der Waals surface area contributed by atoms with Gasteiger partial charge in [-0.3, -0.25) is 14.6 Å². The predicted octanol–water partition coefficient (Wildman–Crippen LogP) is 1.81. The Labute approximate surface area is 164 Å². The van der Waals surface area contributed by atoms with Gasteiger partial charge in [0.25, 0.3) is 5.91 Å². The van der Waals surface area contributed by atoms with Crippen LogP contribution in [0.3, 0.4) is 0 Å². The molecule has 7 nitrogen and oxygen atoms in total. The van der Waals surface area contributed by atoms with Crippen molar-refractivity contribution in [3.63, 3.8) is 0 Å². The van der Waals surface area contributed by atoms with E-state index < -0.39 is 6.04 Å². The fourth-order valence-corrected chi connectivity index (χ4v) is 3.30. The Kier molecular flexibility index (Phi) is 6.60. The van der Waals surface area contributed by atoms with Gasteiger partial charge in [-0.15, -0.1) is 0 Å². The summed E-state index contributed by atoms with van der Waals surface area (Å²) >= 11 is 0. The average molecular weight is 383 g/mol. The van der Waals surface area contributed by atoms with E-state index in [0.717, 1.165) is 5.56 Å². The Balaban J connectivity index is 1.76. The number of nitrogens with zero attached hydrogens (tertiary/aromatic N) is 2. The van der Waals surface area contributed by atoms with Gasteiger partial charge in [0.15, 0.2) is 0 Å². The maximum Gasteiger partial charge on any atom is 0.254 e. The summed E-state index contributed by atoms with van der Waals surface area (Å²) in [4.78, 5) is 31.4. The highest BCUT2D eigenvalue weighted by atomic mass is 16.5. The lowest BCUT2D eigenvalue weighted by atomic mass is 10.1. The minimum Gasteiger partial charge on any atom is -0.487 e. The highest BCUT2D eigenvalue weighted by Gasteiger charge is 2.41. The summed E-state index contributed by atoms with van der Waals surface area (Å²) in [6.45, 7) is 3.08. The molecule has 2 aromatic rings. The molecule has 2 amide bonds. The van der Waals surface area contributed by atoms with E-state index in [4.69, 9.17) is 9.47 Å². The lowest BCUT2D eigenvalue weighted by Gasteiger charge is -2.23. The molecule has 1 aromatic carbocycles. The smallest absolute Gasteiger partial charge is 0.254 e. The van der Waals surface area contributed by atoms with Crippen molar-refractivity contribution in [3.8, 4) is 5.75 Å². The van der Waals surface area contributed by atoms with Gasteiger partial charge in [0.05, 0.1) is 19.3 Å². The van der Waals surface area contributed by atoms with E-state index in [-0.39, 0.29) is 17.9 Å². The minimum absolute atomic E-state index is 0.173. The normalized spacial score (nSPS) is 18.7. The highest BCUT2D eigenvalue weighted by Crippen LogP contribution is 2.25. The van der Waals surface area contributed by atoms with Crippen LogP contribution in [0.1, 0.15) is 22.3 Å². The number of ether oxygens (including phenoxy) is 2. The molecular formula is C21H25N3O4. The Hall–Kier alpha value is -2.93. The molecule has 7 heteroatoms. The molecule has 148 valence electrons. The SMILES string of the molecule is COCCNC(=O)[C@H]1C[C@H](Oc2cccnc2)CN1C(=O)c1cccc(C)c1. The molecule has 1 aliphatic heterocycles. The van der Waals surface area contributed by atoms with Gasteiger partial charge in [0.2, 0.25) is 5.91 Å². The quantitative estimate of drug-likeness (QED) is 0.738. The number of amides is 2. The first-order chi connectivity index (χ1) is 13.6. The zero-order valence-corrected chi connectivity index (χ0v) is 16.1. The number of nitrogens with one attached hydrogen (secondary N) is 1. The topological polar surface area (TPSA) is 80.8 Å². The number of methoxy groups -OCH3 is 1. The summed E-state index contributed by atoms with van der Waals surface area (Å²) in [5.41, 5.74) is 1.56. The fraction of sp³-hybridized carbons (Fsp3) is 0.381. The molecule has 28 heavy (non-hydrogen) atoms. The molecule has 0 bridgehead atoms. The van der Waals surface area contributed by atoms with E-state index in [1.165, 1.54) is 0 Å². The zero-order valence-electron chi connectivity index (χ0n) is 16.1. The summed E-state index contributed by atoms with van der Waals surface area (Å²) in [6.07, 6.45) is 3.43. The molecule has 1 fully saturated rings. The second kappa shape index (κ2) is 9.32. The average Bonchev–Trinajstić information content (AvgIpc) is 3.12. The molecule has 2 heterocycles. The highest BCUT2D eigenvalue weighted by molar-refractivity contribution is 5.98. The van der Waals surface area contributed by atoms with Gasteiger partial charge >= 0.3 is 0 Å². The first-order valence-electron chi connectivity index (χ1n) is 9.29. The maximum atomic E-state index is 13.1. The van der Waals surface area contributed by atoms with Gasteiger partial charge in [0, 0.05) is 31.8 Å². The molecule has 0 radical (unpaired) electrons. The number of carbonyl (C=O) groups excluding carboxylic acids is 2. The molecule has 2 atom stereocenters. The van der Waals surface area contributed by atoms with Gasteiger partial charge in [-0.1, -0.05) is 17.7 Å². The number of pyridine rings is 1. The predicted molar refractivity (Wildman–Crippen MR) is 104 cm³/mol. The Morgan fingerprint density at radius 2 is 2.14 bits per heavy atom. The van der Waals surface area contributed by atoms with Crippen LogP contribution in [0.25, 0.3) is 0 Å². The number of rotatable bonds is 7. The third kappa shape index (κ3) is 4.86. The van der Waals surface area contributed by atoms with Crippen LogP contribution in [-0.4, -0.2) is 60.7 Å². The molecule has 1 saturated heterocycles. The van der Waals surface area contributed by atoms with Crippen molar-refractivity contribution in [2.45, 2.75) is 25.5 Å². The van der Waals surface area contributed by atoms with Gasteiger partial charge in [-0.05, 0) is 31.2 Å². The van der Waals surface area contributed by atoms with E-state index in [9.17, 15) is 9.59 Å². The first-order valence-corrected chi connectivity index (χ1v) is 9.29. The van der Waals surface area contributed by atoms with Crippen LogP contribution in [0.2, 0.25) is 0 Å². The fourth-order valence-electron chi connectivity index (χ4n) is 3.30. The van der Waals surface area contributed by atoms with Crippen molar-refractivity contribution < 1.29 is 19.1 Å². The molecule has 1 aliphatic rings. The number of likely N-dealkylation sites (tertiary alicyclic amines) is 1. The van der Waals surface area contributed by atoms with Crippen molar-refractivity contribution in [2.75, 3.05) is 26.8 Å². The molecule has 3 rings (SSSR count).